The summed E-state index contributed by atoms with van der Waals surface area (Å²) >= 11 is 0. The number of hydrogen-bond donors (Lipinski definition) is 2. The molecule has 0 aliphatic carbocycles. The summed E-state index contributed by atoms with van der Waals surface area (Å²) in [5.74, 6) is -0.515. The largest absolute Gasteiger partial charge is 0.416 e. The highest BCUT2D eigenvalue weighted by molar-refractivity contribution is 6.05. The summed E-state index contributed by atoms with van der Waals surface area (Å²) in [4.78, 5) is 19.2. The molecule has 10 heteroatoms. The Morgan fingerprint density at radius 2 is 1.89 bits per heavy atom. The van der Waals surface area contributed by atoms with E-state index < -0.39 is 17.6 Å². The number of alkyl halides is 3. The van der Waals surface area contributed by atoms with Crippen LogP contribution in [-0.2, 0) is 19.8 Å². The Balaban J connectivity index is 1.43. The van der Waals surface area contributed by atoms with Crippen LogP contribution >= 0.6 is 0 Å². The Kier molecular flexibility index (Phi) is 6.16. The summed E-state index contributed by atoms with van der Waals surface area (Å²) in [7, 11) is 1.88. The third-order valence-electron chi connectivity index (χ3n) is 6.15. The molecule has 7 nitrogen and oxygen atoms in total. The average molecular weight is 505 g/mol. The Hall–Kier alpha value is -4.60. The van der Waals surface area contributed by atoms with Crippen molar-refractivity contribution in [3.63, 3.8) is 0 Å². The number of halogens is 3. The predicted octanol–water partition coefficient (Wildman–Crippen LogP) is 5.83. The van der Waals surface area contributed by atoms with Gasteiger partial charge in [0.2, 0.25) is 0 Å². The number of aryl methyl sites for hydroxylation is 2. The monoisotopic (exact) mass is 504 g/mol. The van der Waals surface area contributed by atoms with Gasteiger partial charge in [0, 0.05) is 41.9 Å². The fraction of sp³-hybridized carbons (Fsp3) is 0.148. The van der Waals surface area contributed by atoms with Gasteiger partial charge in [0.15, 0.2) is 0 Å². The zero-order chi connectivity index (χ0) is 26.2. The van der Waals surface area contributed by atoms with Gasteiger partial charge in [0.05, 0.1) is 41.6 Å². The summed E-state index contributed by atoms with van der Waals surface area (Å²) in [5, 5.41) is 10.4. The number of carbonyl (C=O) groups is 1. The molecule has 0 fully saturated rings. The van der Waals surface area contributed by atoms with Crippen LogP contribution in [0.15, 0.2) is 79.4 Å². The van der Waals surface area contributed by atoms with Crippen LogP contribution in [0.4, 0.5) is 30.2 Å². The first kappa shape index (κ1) is 24.1. The summed E-state index contributed by atoms with van der Waals surface area (Å²) in [6.45, 7) is 2.52. The molecule has 2 aromatic carbocycles. The molecule has 2 N–H and O–H groups in total. The minimum Gasteiger partial charge on any atom is -0.354 e. The maximum Gasteiger partial charge on any atom is 0.416 e. The van der Waals surface area contributed by atoms with Gasteiger partial charge in [0.25, 0.3) is 5.91 Å². The molecule has 0 radical (unpaired) electrons. The van der Waals surface area contributed by atoms with Gasteiger partial charge < -0.3 is 15.5 Å². The molecule has 1 aliphatic heterocycles. The van der Waals surface area contributed by atoms with E-state index in [1.54, 1.807) is 36.8 Å². The Morgan fingerprint density at radius 1 is 1.05 bits per heavy atom. The molecule has 0 atom stereocenters. The van der Waals surface area contributed by atoms with E-state index in [1.807, 2.05) is 37.0 Å². The van der Waals surface area contributed by atoms with Gasteiger partial charge >= 0.3 is 6.18 Å². The third-order valence-corrected chi connectivity index (χ3v) is 6.15. The van der Waals surface area contributed by atoms with E-state index in [2.05, 4.69) is 25.6 Å². The Bertz CT molecular complexity index is 1490. The van der Waals surface area contributed by atoms with E-state index in [0.29, 0.717) is 17.8 Å². The normalized spacial score (nSPS) is 13.1. The molecule has 4 aromatic rings. The Labute approximate surface area is 211 Å². The Morgan fingerprint density at radius 3 is 2.65 bits per heavy atom. The van der Waals surface area contributed by atoms with Crippen molar-refractivity contribution >= 4 is 28.7 Å². The number of hydrogen-bond acceptors (Lipinski definition) is 5. The highest BCUT2D eigenvalue weighted by Crippen LogP contribution is 2.33. The summed E-state index contributed by atoms with van der Waals surface area (Å²) in [5.41, 5.74) is 4.76. The molecule has 0 saturated heterocycles. The van der Waals surface area contributed by atoms with Crippen molar-refractivity contribution in [3.8, 4) is 0 Å². The molecule has 2 aromatic heterocycles. The highest BCUT2D eigenvalue weighted by atomic mass is 19.4. The van der Waals surface area contributed by atoms with Crippen LogP contribution in [0.3, 0.4) is 0 Å². The van der Waals surface area contributed by atoms with Crippen LogP contribution in [0.25, 0.3) is 5.70 Å². The molecule has 1 aliphatic rings. The first-order chi connectivity index (χ1) is 17.7. The zero-order valence-electron chi connectivity index (χ0n) is 20.0. The number of rotatable bonds is 5. The molecule has 37 heavy (non-hydrogen) atoms. The van der Waals surface area contributed by atoms with Crippen molar-refractivity contribution in [1.82, 2.24) is 14.8 Å². The number of amides is 1. The second-order valence-corrected chi connectivity index (χ2v) is 8.70. The molecule has 188 valence electrons. The lowest BCUT2D eigenvalue weighted by molar-refractivity contribution is -0.137. The number of pyridine rings is 1. The lowest BCUT2D eigenvalue weighted by Gasteiger charge is -2.28. The molecule has 3 heterocycles. The maximum atomic E-state index is 13.1. The van der Waals surface area contributed by atoms with E-state index in [1.165, 1.54) is 12.1 Å². The van der Waals surface area contributed by atoms with E-state index >= 15 is 0 Å². The van der Waals surface area contributed by atoms with Gasteiger partial charge in [-0.2, -0.15) is 18.3 Å². The van der Waals surface area contributed by atoms with Crippen LogP contribution in [0.5, 0.6) is 0 Å². The number of nitrogens with one attached hydrogen (secondary N) is 2. The van der Waals surface area contributed by atoms with Gasteiger partial charge in [-0.3, -0.25) is 14.5 Å². The molecular formula is C27H23F3N6O. The number of nitrogens with zero attached hydrogens (tertiary/aromatic N) is 4. The molecule has 0 spiro atoms. The predicted molar refractivity (Wildman–Crippen MR) is 136 cm³/mol. The topological polar surface area (TPSA) is 75.1 Å². The van der Waals surface area contributed by atoms with Crippen molar-refractivity contribution in [3.05, 3.63) is 107 Å². The van der Waals surface area contributed by atoms with Crippen LogP contribution in [0, 0.1) is 6.92 Å². The first-order valence-corrected chi connectivity index (χ1v) is 11.4. The van der Waals surface area contributed by atoms with Gasteiger partial charge in [0.1, 0.15) is 0 Å². The number of aromatic nitrogens is 3. The van der Waals surface area contributed by atoms with Crippen LogP contribution in [0.1, 0.15) is 32.7 Å². The third kappa shape index (κ3) is 5.04. The minimum absolute atomic E-state index is 0.0667. The fourth-order valence-corrected chi connectivity index (χ4v) is 4.12. The number of anilines is 3. The number of carbonyl (C=O) groups excluding carboxylic acids is 1. The van der Waals surface area contributed by atoms with Crippen LogP contribution < -0.4 is 15.5 Å². The highest BCUT2D eigenvalue weighted by Gasteiger charge is 2.30. The summed E-state index contributed by atoms with van der Waals surface area (Å²) in [6.07, 6.45) is 2.75. The van der Waals surface area contributed by atoms with E-state index in [0.717, 1.165) is 40.3 Å². The molecule has 0 saturated carbocycles. The lowest BCUT2D eigenvalue weighted by atomic mass is 10.1. The average Bonchev–Trinajstić information content (AvgIpc) is 3.26. The second-order valence-electron chi connectivity index (χ2n) is 8.70. The van der Waals surface area contributed by atoms with E-state index in [-0.39, 0.29) is 5.69 Å². The number of benzene rings is 2. The van der Waals surface area contributed by atoms with Crippen molar-refractivity contribution in [1.29, 1.82) is 0 Å². The molecule has 1 amide bonds. The standard InChI is InChI=1S/C27H23F3N6O/c1-17-8-9-18(26(37)33-20-6-3-5-19(12-20)27(28,29)30)11-23(17)34-24-15-36(21-7-4-10-31-13-21)16-25-22(24)14-32-35(25)2/h3-15,34H,16H2,1-2H3,(H,33,37). The lowest BCUT2D eigenvalue weighted by Crippen LogP contribution is -2.24. The van der Waals surface area contributed by atoms with E-state index in [9.17, 15) is 18.0 Å². The van der Waals surface area contributed by atoms with Crippen LogP contribution in [0.2, 0.25) is 0 Å². The van der Waals surface area contributed by atoms with Gasteiger partial charge in [-0.15, -0.1) is 0 Å². The smallest absolute Gasteiger partial charge is 0.354 e. The fourth-order valence-electron chi connectivity index (χ4n) is 4.12. The maximum absolute atomic E-state index is 13.1. The first-order valence-electron chi connectivity index (χ1n) is 11.4. The van der Waals surface area contributed by atoms with Gasteiger partial charge in [-0.1, -0.05) is 12.1 Å². The molecule has 5 rings (SSSR count). The minimum atomic E-state index is -4.50. The number of fused-ring (bicyclic) bond motifs is 1. The molecule has 0 unspecified atom stereocenters. The second kappa shape index (κ2) is 9.45. The molecular weight excluding hydrogens is 481 g/mol. The van der Waals surface area contributed by atoms with Crippen molar-refractivity contribution < 1.29 is 18.0 Å². The van der Waals surface area contributed by atoms with Crippen LogP contribution in [-0.4, -0.2) is 20.7 Å². The van der Waals surface area contributed by atoms with Crippen molar-refractivity contribution in [2.24, 2.45) is 7.05 Å². The molecule has 0 bridgehead atoms. The van der Waals surface area contributed by atoms with Crippen molar-refractivity contribution in [2.75, 3.05) is 15.5 Å². The van der Waals surface area contributed by atoms with Gasteiger partial charge in [-0.25, -0.2) is 0 Å². The van der Waals surface area contributed by atoms with Crippen molar-refractivity contribution in [2.45, 2.75) is 19.6 Å². The van der Waals surface area contributed by atoms with E-state index in [4.69, 9.17) is 0 Å². The van der Waals surface area contributed by atoms with Gasteiger partial charge in [-0.05, 0) is 55.0 Å². The SMILES string of the molecule is Cc1ccc(C(=O)Nc2cccc(C(F)(F)F)c2)cc1NC1=CN(c2cccnc2)Cc2c1cnn2C. The summed E-state index contributed by atoms with van der Waals surface area (Å²) < 4.78 is 41.0. The quantitative estimate of drug-likeness (QED) is 0.358. The zero-order valence-corrected chi connectivity index (χ0v) is 20.0. The summed E-state index contributed by atoms with van der Waals surface area (Å²) in [6, 6.07) is 13.5.